The van der Waals surface area contributed by atoms with Crippen LogP contribution in [0.2, 0.25) is 5.02 Å². The van der Waals surface area contributed by atoms with E-state index in [0.717, 1.165) is 16.7 Å². The third-order valence-corrected chi connectivity index (χ3v) is 5.96. The molecule has 0 aliphatic rings. The van der Waals surface area contributed by atoms with E-state index in [4.69, 9.17) is 11.6 Å². The average Bonchev–Trinajstić information content (AvgIpc) is 2.69. The molecule has 0 radical (unpaired) electrons. The second-order valence-corrected chi connectivity index (χ2v) is 8.38. The molecule has 7 heteroatoms. The molecule has 0 saturated carbocycles. The van der Waals surface area contributed by atoms with Gasteiger partial charge in [0, 0.05) is 5.02 Å². The third kappa shape index (κ3) is 4.98. The number of rotatable bonds is 7. The van der Waals surface area contributed by atoms with Gasteiger partial charge < -0.3 is 5.11 Å². The summed E-state index contributed by atoms with van der Waals surface area (Å²) in [5.74, 6) is -1.23. The summed E-state index contributed by atoms with van der Waals surface area (Å²) in [6.45, 7) is 0. The minimum Gasteiger partial charge on any atom is -0.480 e. The first-order valence-corrected chi connectivity index (χ1v) is 10.4. The molecule has 0 heterocycles. The van der Waals surface area contributed by atoms with Gasteiger partial charge in [-0.05, 0) is 47.4 Å². The normalized spacial score (nSPS) is 12.5. The van der Waals surface area contributed by atoms with Gasteiger partial charge in [-0.25, -0.2) is 8.42 Å². The molecule has 0 amide bonds. The van der Waals surface area contributed by atoms with Crippen LogP contribution in [0.3, 0.4) is 0 Å². The van der Waals surface area contributed by atoms with Crippen LogP contribution in [0.15, 0.2) is 83.8 Å². The maximum atomic E-state index is 12.6. The number of hydrogen-bond acceptors (Lipinski definition) is 3. The van der Waals surface area contributed by atoms with Crippen molar-refractivity contribution in [2.45, 2.75) is 17.4 Å². The van der Waals surface area contributed by atoms with Gasteiger partial charge in [0.15, 0.2) is 0 Å². The molecule has 0 aliphatic heterocycles. The molecular weight excluding hydrogens is 398 g/mol. The number of carbonyl (C=O) groups is 1. The van der Waals surface area contributed by atoms with E-state index in [1.54, 1.807) is 48.5 Å². The Morgan fingerprint density at radius 2 is 1.43 bits per heavy atom. The van der Waals surface area contributed by atoms with E-state index < -0.39 is 22.0 Å². The summed E-state index contributed by atoms with van der Waals surface area (Å²) >= 11 is 5.88. The molecule has 3 rings (SSSR count). The largest absolute Gasteiger partial charge is 0.480 e. The van der Waals surface area contributed by atoms with Gasteiger partial charge in [-0.1, -0.05) is 66.2 Å². The topological polar surface area (TPSA) is 83.5 Å². The molecule has 0 aromatic heterocycles. The first-order chi connectivity index (χ1) is 13.3. The number of carboxylic acids is 1. The Hall–Kier alpha value is -2.67. The Bertz CT molecular complexity index is 1050. The van der Waals surface area contributed by atoms with Crippen LogP contribution >= 0.6 is 11.6 Å². The first kappa shape index (κ1) is 20.1. The summed E-state index contributed by atoms with van der Waals surface area (Å²) in [5, 5.41) is 10.0. The zero-order valence-electron chi connectivity index (χ0n) is 14.7. The number of halogens is 1. The molecule has 1 atom stereocenters. The SMILES string of the molecule is O=C(O)[C@@H](Cc1ccccc1)NS(=O)(=O)c1ccc(-c2ccc(Cl)cc2)cc1. The Labute approximate surface area is 168 Å². The average molecular weight is 416 g/mol. The second-order valence-electron chi connectivity index (χ2n) is 6.23. The van der Waals surface area contributed by atoms with Gasteiger partial charge in [0.25, 0.3) is 0 Å². The number of benzene rings is 3. The fourth-order valence-electron chi connectivity index (χ4n) is 2.75. The van der Waals surface area contributed by atoms with Crippen molar-refractivity contribution in [1.29, 1.82) is 0 Å². The van der Waals surface area contributed by atoms with Crippen LogP contribution in [0.1, 0.15) is 5.56 Å². The minimum absolute atomic E-state index is 0.00419. The fourth-order valence-corrected chi connectivity index (χ4v) is 4.07. The van der Waals surface area contributed by atoms with Gasteiger partial charge in [-0.2, -0.15) is 4.72 Å². The second kappa shape index (κ2) is 8.56. The van der Waals surface area contributed by atoms with E-state index in [2.05, 4.69) is 4.72 Å². The maximum absolute atomic E-state index is 12.6. The van der Waals surface area contributed by atoms with Crippen molar-refractivity contribution in [3.8, 4) is 11.1 Å². The van der Waals surface area contributed by atoms with Crippen molar-refractivity contribution in [2.75, 3.05) is 0 Å². The van der Waals surface area contributed by atoms with Gasteiger partial charge >= 0.3 is 5.97 Å². The van der Waals surface area contributed by atoms with Crippen LogP contribution < -0.4 is 4.72 Å². The molecule has 0 spiro atoms. The predicted octanol–water partition coefficient (Wildman–Crippen LogP) is 3.98. The van der Waals surface area contributed by atoms with E-state index in [0.29, 0.717) is 5.02 Å². The van der Waals surface area contributed by atoms with Crippen LogP contribution in [0.5, 0.6) is 0 Å². The van der Waals surface area contributed by atoms with E-state index >= 15 is 0 Å². The predicted molar refractivity (Wildman–Crippen MR) is 109 cm³/mol. The lowest BCUT2D eigenvalue weighted by molar-refractivity contribution is -0.138. The number of hydrogen-bond donors (Lipinski definition) is 2. The first-order valence-electron chi connectivity index (χ1n) is 8.50. The molecule has 0 fully saturated rings. The Balaban J connectivity index is 1.79. The molecular formula is C21H18ClNO4S. The van der Waals surface area contributed by atoms with Crippen LogP contribution in [0.4, 0.5) is 0 Å². The molecule has 0 aliphatic carbocycles. The minimum atomic E-state index is -3.98. The van der Waals surface area contributed by atoms with E-state index in [9.17, 15) is 18.3 Å². The summed E-state index contributed by atoms with van der Waals surface area (Å²) in [4.78, 5) is 11.5. The molecule has 5 nitrogen and oxygen atoms in total. The van der Waals surface area contributed by atoms with E-state index in [-0.39, 0.29) is 11.3 Å². The lowest BCUT2D eigenvalue weighted by atomic mass is 10.1. The van der Waals surface area contributed by atoms with E-state index in [1.165, 1.54) is 12.1 Å². The van der Waals surface area contributed by atoms with Crippen molar-refractivity contribution < 1.29 is 18.3 Å². The maximum Gasteiger partial charge on any atom is 0.322 e. The quantitative estimate of drug-likeness (QED) is 0.611. The fraction of sp³-hybridized carbons (Fsp3) is 0.0952. The summed E-state index contributed by atoms with van der Waals surface area (Å²) in [6.07, 6.45) is 0.0538. The van der Waals surface area contributed by atoms with Crippen molar-refractivity contribution in [1.82, 2.24) is 4.72 Å². The Morgan fingerprint density at radius 3 is 1.96 bits per heavy atom. The van der Waals surface area contributed by atoms with E-state index in [1.807, 2.05) is 18.2 Å². The van der Waals surface area contributed by atoms with Crippen molar-refractivity contribution >= 4 is 27.6 Å². The molecule has 0 bridgehead atoms. The van der Waals surface area contributed by atoms with Crippen LogP contribution in [0, 0.1) is 0 Å². The summed E-state index contributed by atoms with van der Waals surface area (Å²) < 4.78 is 27.6. The van der Waals surface area contributed by atoms with Gasteiger partial charge in [0.1, 0.15) is 6.04 Å². The zero-order valence-corrected chi connectivity index (χ0v) is 16.3. The molecule has 28 heavy (non-hydrogen) atoms. The van der Waals surface area contributed by atoms with Crippen LogP contribution in [0.25, 0.3) is 11.1 Å². The monoisotopic (exact) mass is 415 g/mol. The number of nitrogens with one attached hydrogen (secondary N) is 1. The summed E-state index contributed by atoms with van der Waals surface area (Å²) in [7, 11) is -3.98. The number of sulfonamides is 1. The van der Waals surface area contributed by atoms with Crippen LogP contribution in [-0.2, 0) is 21.2 Å². The molecule has 0 saturated heterocycles. The van der Waals surface area contributed by atoms with Crippen molar-refractivity contribution in [2.24, 2.45) is 0 Å². The van der Waals surface area contributed by atoms with Crippen LogP contribution in [-0.4, -0.2) is 25.5 Å². The highest BCUT2D eigenvalue weighted by Crippen LogP contribution is 2.23. The van der Waals surface area contributed by atoms with Gasteiger partial charge in [-0.15, -0.1) is 0 Å². The lowest BCUT2D eigenvalue weighted by Gasteiger charge is -2.15. The Morgan fingerprint density at radius 1 is 0.893 bits per heavy atom. The number of aliphatic carboxylic acids is 1. The summed E-state index contributed by atoms with van der Waals surface area (Å²) in [6, 6.07) is 21.0. The molecule has 2 N–H and O–H groups in total. The Kier molecular flexibility index (Phi) is 6.14. The molecule has 144 valence electrons. The smallest absolute Gasteiger partial charge is 0.322 e. The molecule has 3 aromatic rings. The highest BCUT2D eigenvalue weighted by atomic mass is 35.5. The van der Waals surface area contributed by atoms with Gasteiger partial charge in [0.05, 0.1) is 4.90 Å². The standard InChI is InChI=1S/C21H18ClNO4S/c22-18-10-6-16(7-11-18)17-8-12-19(13-9-17)28(26,27)23-20(21(24)25)14-15-4-2-1-3-5-15/h1-13,20,23H,14H2,(H,24,25)/t20-/m1/s1. The van der Waals surface area contributed by atoms with Crippen molar-refractivity contribution in [3.05, 3.63) is 89.4 Å². The lowest BCUT2D eigenvalue weighted by Crippen LogP contribution is -2.42. The highest BCUT2D eigenvalue weighted by molar-refractivity contribution is 7.89. The zero-order chi connectivity index (χ0) is 20.1. The number of carboxylic acid groups (broad SMARTS) is 1. The van der Waals surface area contributed by atoms with Gasteiger partial charge in [-0.3, -0.25) is 4.79 Å². The van der Waals surface area contributed by atoms with Crippen molar-refractivity contribution in [3.63, 3.8) is 0 Å². The van der Waals surface area contributed by atoms with Gasteiger partial charge in [0.2, 0.25) is 10.0 Å². The highest BCUT2D eigenvalue weighted by Gasteiger charge is 2.25. The molecule has 0 unspecified atom stereocenters. The summed E-state index contributed by atoms with van der Waals surface area (Å²) in [5.41, 5.74) is 2.46. The molecule has 3 aromatic carbocycles. The third-order valence-electron chi connectivity index (χ3n) is 4.22.